The number of hydrogen-bond donors (Lipinski definition) is 0. The first-order valence-corrected chi connectivity index (χ1v) is 5.76. The van der Waals surface area contributed by atoms with Crippen molar-refractivity contribution in [1.29, 1.82) is 0 Å². The molecule has 2 nitrogen and oxygen atoms in total. The van der Waals surface area contributed by atoms with E-state index in [0.717, 1.165) is 25.7 Å². The summed E-state index contributed by atoms with van der Waals surface area (Å²) in [6, 6.07) is 0. The Morgan fingerprint density at radius 3 is 2.20 bits per heavy atom. The van der Waals surface area contributed by atoms with Crippen LogP contribution in [0.4, 0.5) is 0 Å². The van der Waals surface area contributed by atoms with Gasteiger partial charge >= 0.3 is 0 Å². The van der Waals surface area contributed by atoms with E-state index in [4.69, 9.17) is 9.47 Å². The molecule has 0 N–H and O–H groups in total. The molecule has 0 aromatic rings. The van der Waals surface area contributed by atoms with Gasteiger partial charge in [-0.2, -0.15) is 0 Å². The average Bonchev–Trinajstić information content (AvgIpc) is 2.58. The van der Waals surface area contributed by atoms with Gasteiger partial charge in [0.1, 0.15) is 0 Å². The van der Waals surface area contributed by atoms with Crippen molar-refractivity contribution in [3.8, 4) is 0 Å². The van der Waals surface area contributed by atoms with Gasteiger partial charge in [0.2, 0.25) is 0 Å². The highest BCUT2D eigenvalue weighted by Crippen LogP contribution is 2.42. The zero-order valence-electron chi connectivity index (χ0n) is 9.45. The van der Waals surface area contributed by atoms with E-state index in [2.05, 4.69) is 20.1 Å². The predicted octanol–water partition coefficient (Wildman–Crippen LogP) is 2.84. The van der Waals surface area contributed by atoms with Crippen molar-refractivity contribution in [1.82, 2.24) is 0 Å². The van der Waals surface area contributed by atoms with Gasteiger partial charge in [0.05, 0.1) is 23.9 Å². The second-order valence-corrected chi connectivity index (χ2v) is 4.74. The van der Waals surface area contributed by atoms with E-state index in [1.165, 1.54) is 0 Å². The van der Waals surface area contributed by atoms with Crippen molar-refractivity contribution < 1.29 is 9.47 Å². The molecule has 0 aromatic carbocycles. The predicted molar refractivity (Wildman–Crippen MR) is 60.8 cm³/mol. The average molecular weight is 208 g/mol. The first kappa shape index (κ1) is 10.9. The SMILES string of the molecule is C=C[C@@H]1CC2(CCC(C)O2)C[C@H](C=C)O1. The topological polar surface area (TPSA) is 18.5 Å². The second kappa shape index (κ2) is 4.11. The Labute approximate surface area is 92.0 Å². The summed E-state index contributed by atoms with van der Waals surface area (Å²) in [6.07, 6.45) is 8.59. The summed E-state index contributed by atoms with van der Waals surface area (Å²) in [7, 11) is 0. The highest BCUT2D eigenvalue weighted by Gasteiger charge is 2.44. The molecule has 2 heterocycles. The Balaban J connectivity index is 2.11. The standard InChI is InChI=1S/C13H20O2/c1-4-11-8-13(7-6-10(3)15-13)9-12(5-2)14-11/h4-5,10-12H,1-2,6-9H2,3H3/t10?,11-,12+,13?. The van der Waals surface area contributed by atoms with Crippen LogP contribution in [0.15, 0.2) is 25.3 Å². The molecule has 0 aliphatic carbocycles. The van der Waals surface area contributed by atoms with Crippen molar-refractivity contribution in [2.24, 2.45) is 0 Å². The second-order valence-electron chi connectivity index (χ2n) is 4.74. The molecular weight excluding hydrogens is 188 g/mol. The van der Waals surface area contributed by atoms with Gasteiger partial charge < -0.3 is 9.47 Å². The normalized spacial score (nSPS) is 45.5. The number of hydrogen-bond acceptors (Lipinski definition) is 2. The monoisotopic (exact) mass is 208 g/mol. The smallest absolute Gasteiger partial charge is 0.0788 e. The Hall–Kier alpha value is -0.600. The molecule has 2 unspecified atom stereocenters. The molecule has 2 aliphatic heterocycles. The summed E-state index contributed by atoms with van der Waals surface area (Å²) in [4.78, 5) is 0. The minimum atomic E-state index is 0.0232. The van der Waals surface area contributed by atoms with Crippen LogP contribution in [0, 0.1) is 0 Å². The minimum Gasteiger partial charge on any atom is -0.372 e. The molecule has 0 amide bonds. The van der Waals surface area contributed by atoms with Crippen LogP contribution >= 0.6 is 0 Å². The van der Waals surface area contributed by atoms with Gasteiger partial charge in [-0.1, -0.05) is 12.2 Å². The van der Waals surface area contributed by atoms with E-state index >= 15 is 0 Å². The largest absolute Gasteiger partial charge is 0.372 e. The van der Waals surface area contributed by atoms with Crippen molar-refractivity contribution in [2.45, 2.75) is 56.5 Å². The molecule has 15 heavy (non-hydrogen) atoms. The van der Waals surface area contributed by atoms with Gasteiger partial charge in [0.25, 0.3) is 0 Å². The first-order valence-electron chi connectivity index (χ1n) is 5.76. The molecule has 4 atom stereocenters. The number of ether oxygens (including phenoxy) is 2. The summed E-state index contributed by atoms with van der Waals surface area (Å²) in [6.45, 7) is 9.77. The van der Waals surface area contributed by atoms with Crippen molar-refractivity contribution in [3.63, 3.8) is 0 Å². The summed E-state index contributed by atoms with van der Waals surface area (Å²) in [5.74, 6) is 0. The van der Waals surface area contributed by atoms with E-state index in [-0.39, 0.29) is 17.8 Å². The maximum atomic E-state index is 6.08. The molecule has 84 valence electrons. The van der Waals surface area contributed by atoms with Gasteiger partial charge in [-0.05, 0) is 19.8 Å². The zero-order chi connectivity index (χ0) is 10.9. The Morgan fingerprint density at radius 1 is 1.20 bits per heavy atom. The van der Waals surface area contributed by atoms with E-state index in [9.17, 15) is 0 Å². The molecule has 2 fully saturated rings. The summed E-state index contributed by atoms with van der Waals surface area (Å²) in [5.41, 5.74) is 0.0232. The minimum absolute atomic E-state index is 0.0232. The van der Waals surface area contributed by atoms with Gasteiger partial charge in [0, 0.05) is 12.8 Å². The fourth-order valence-electron chi connectivity index (χ4n) is 2.73. The molecular formula is C13H20O2. The highest BCUT2D eigenvalue weighted by molar-refractivity contribution is 5.03. The van der Waals surface area contributed by atoms with Crippen LogP contribution < -0.4 is 0 Å². The first-order chi connectivity index (χ1) is 7.17. The highest BCUT2D eigenvalue weighted by atomic mass is 16.5. The molecule has 2 heteroatoms. The Kier molecular flexibility index (Phi) is 2.98. The van der Waals surface area contributed by atoms with E-state index in [1.54, 1.807) is 0 Å². The zero-order valence-corrected chi connectivity index (χ0v) is 9.45. The van der Waals surface area contributed by atoms with E-state index in [1.807, 2.05) is 12.2 Å². The van der Waals surface area contributed by atoms with Crippen LogP contribution in [-0.4, -0.2) is 23.9 Å². The third kappa shape index (κ3) is 2.16. The van der Waals surface area contributed by atoms with E-state index in [0.29, 0.717) is 6.10 Å². The van der Waals surface area contributed by atoms with Crippen molar-refractivity contribution in [3.05, 3.63) is 25.3 Å². The maximum Gasteiger partial charge on any atom is 0.0788 e. The Morgan fingerprint density at radius 2 is 1.80 bits per heavy atom. The molecule has 0 aromatic heterocycles. The van der Waals surface area contributed by atoms with Crippen LogP contribution in [0.25, 0.3) is 0 Å². The third-order valence-corrected chi connectivity index (χ3v) is 3.48. The third-order valence-electron chi connectivity index (χ3n) is 3.48. The van der Waals surface area contributed by atoms with Gasteiger partial charge in [-0.3, -0.25) is 0 Å². The molecule has 2 aliphatic rings. The fourth-order valence-corrected chi connectivity index (χ4v) is 2.73. The van der Waals surface area contributed by atoms with Crippen LogP contribution in [0.1, 0.15) is 32.6 Å². The lowest BCUT2D eigenvalue weighted by molar-refractivity contribution is -0.135. The van der Waals surface area contributed by atoms with Crippen LogP contribution in [0.5, 0.6) is 0 Å². The summed E-state index contributed by atoms with van der Waals surface area (Å²) in [5, 5.41) is 0. The fraction of sp³-hybridized carbons (Fsp3) is 0.692. The lowest BCUT2D eigenvalue weighted by Gasteiger charge is -2.40. The van der Waals surface area contributed by atoms with Crippen LogP contribution in [0.2, 0.25) is 0 Å². The van der Waals surface area contributed by atoms with Crippen molar-refractivity contribution >= 4 is 0 Å². The maximum absolute atomic E-state index is 6.08. The van der Waals surface area contributed by atoms with Gasteiger partial charge in [-0.15, -0.1) is 13.2 Å². The van der Waals surface area contributed by atoms with E-state index < -0.39 is 0 Å². The molecule has 0 radical (unpaired) electrons. The quantitative estimate of drug-likeness (QED) is 0.650. The van der Waals surface area contributed by atoms with Crippen molar-refractivity contribution in [2.75, 3.05) is 0 Å². The molecule has 0 saturated carbocycles. The summed E-state index contributed by atoms with van der Waals surface area (Å²) < 4.78 is 11.9. The van der Waals surface area contributed by atoms with Crippen LogP contribution in [0.3, 0.4) is 0 Å². The molecule has 2 saturated heterocycles. The van der Waals surface area contributed by atoms with Crippen LogP contribution in [-0.2, 0) is 9.47 Å². The van der Waals surface area contributed by atoms with Gasteiger partial charge in [-0.25, -0.2) is 0 Å². The lowest BCUT2D eigenvalue weighted by atomic mass is 9.84. The molecule has 1 spiro atoms. The summed E-state index contributed by atoms with van der Waals surface area (Å²) >= 11 is 0. The molecule has 0 bridgehead atoms. The lowest BCUT2D eigenvalue weighted by Crippen LogP contribution is -2.44. The number of rotatable bonds is 2. The van der Waals surface area contributed by atoms with Gasteiger partial charge in [0.15, 0.2) is 0 Å². The molecule has 2 rings (SSSR count). The Bertz CT molecular complexity index is 243.